The molecule has 1 aromatic carbocycles. The molecule has 8 nitrogen and oxygen atoms in total. The average Bonchev–Trinajstić information content (AvgIpc) is 3.25. The van der Waals surface area contributed by atoms with Crippen molar-refractivity contribution in [1.29, 1.82) is 0 Å². The van der Waals surface area contributed by atoms with Crippen LogP contribution in [-0.2, 0) is 27.7 Å². The first kappa shape index (κ1) is 28.0. The smallest absolute Gasteiger partial charge is 0.311 e. The number of pyridine rings is 1. The van der Waals surface area contributed by atoms with Crippen molar-refractivity contribution >= 4 is 17.0 Å². The molecule has 1 aliphatic rings. The SMILES string of the molecule is Cc1cc(-c2nc3cc(CC[C@H](C(=O)OC(C)C)[C@@H](C)O)ccc3n2C(C)C2CCOCC2)cn(C)c1=O. The number of aliphatic hydroxyl groups excluding tert-OH is 1. The second-order valence-electron chi connectivity index (χ2n) is 11.0. The fraction of sp³-hybridized carbons (Fsp3) is 0.567. The molecule has 0 amide bonds. The Morgan fingerprint density at radius 3 is 2.53 bits per heavy atom. The minimum absolute atomic E-state index is 0.0140. The normalized spacial score (nSPS) is 17.1. The first-order valence-corrected chi connectivity index (χ1v) is 13.7. The number of fused-ring (bicyclic) bond motifs is 1. The molecule has 1 aliphatic heterocycles. The summed E-state index contributed by atoms with van der Waals surface area (Å²) in [6.07, 6.45) is 3.95. The van der Waals surface area contributed by atoms with Crippen molar-refractivity contribution in [2.24, 2.45) is 18.9 Å². The molecule has 1 unspecified atom stereocenters. The molecule has 8 heteroatoms. The van der Waals surface area contributed by atoms with E-state index in [0.29, 0.717) is 24.3 Å². The third-order valence-electron chi connectivity index (χ3n) is 7.71. The number of carbonyl (C=O) groups excluding carboxylic acids is 1. The topological polar surface area (TPSA) is 95.6 Å². The summed E-state index contributed by atoms with van der Waals surface area (Å²) < 4.78 is 14.9. The van der Waals surface area contributed by atoms with Crippen molar-refractivity contribution in [2.75, 3.05) is 13.2 Å². The van der Waals surface area contributed by atoms with Crippen molar-refractivity contribution < 1.29 is 19.4 Å². The minimum Gasteiger partial charge on any atom is -0.463 e. The van der Waals surface area contributed by atoms with Crippen molar-refractivity contribution in [3.8, 4) is 11.4 Å². The lowest BCUT2D eigenvalue weighted by atomic mass is 9.92. The van der Waals surface area contributed by atoms with E-state index in [9.17, 15) is 14.7 Å². The molecule has 38 heavy (non-hydrogen) atoms. The molecule has 3 heterocycles. The molecule has 1 N–H and O–H groups in total. The van der Waals surface area contributed by atoms with Crippen LogP contribution in [0, 0.1) is 18.8 Å². The molecule has 0 radical (unpaired) electrons. The van der Waals surface area contributed by atoms with Gasteiger partial charge in [0.05, 0.1) is 29.2 Å². The lowest BCUT2D eigenvalue weighted by Crippen LogP contribution is -2.30. The third kappa shape index (κ3) is 6.02. The molecule has 3 atom stereocenters. The van der Waals surface area contributed by atoms with Crippen LogP contribution in [0.5, 0.6) is 0 Å². The second-order valence-corrected chi connectivity index (χ2v) is 11.0. The van der Waals surface area contributed by atoms with Crippen LogP contribution in [-0.4, -0.2) is 50.6 Å². The Balaban J connectivity index is 1.71. The summed E-state index contributed by atoms with van der Waals surface area (Å²) in [5.41, 5.74) is 4.54. The summed E-state index contributed by atoms with van der Waals surface area (Å²) in [5, 5.41) is 10.2. The lowest BCUT2D eigenvalue weighted by molar-refractivity contribution is -0.156. The number of hydrogen-bond acceptors (Lipinski definition) is 6. The highest BCUT2D eigenvalue weighted by atomic mass is 16.5. The molecule has 206 valence electrons. The first-order valence-electron chi connectivity index (χ1n) is 13.7. The quantitative estimate of drug-likeness (QED) is 0.413. The molecule has 2 aromatic heterocycles. The fourth-order valence-corrected chi connectivity index (χ4v) is 5.52. The van der Waals surface area contributed by atoms with E-state index in [1.54, 1.807) is 18.5 Å². The van der Waals surface area contributed by atoms with Crippen LogP contribution in [0.2, 0.25) is 0 Å². The Morgan fingerprint density at radius 1 is 1.18 bits per heavy atom. The van der Waals surface area contributed by atoms with Crippen molar-refractivity contribution in [3.63, 3.8) is 0 Å². The number of hydrogen-bond donors (Lipinski definition) is 1. The maximum Gasteiger partial charge on any atom is 0.311 e. The zero-order valence-electron chi connectivity index (χ0n) is 23.4. The Bertz CT molecular complexity index is 1310. The van der Waals surface area contributed by atoms with Gasteiger partial charge >= 0.3 is 5.97 Å². The zero-order chi connectivity index (χ0) is 27.6. The highest BCUT2D eigenvalue weighted by Gasteiger charge is 2.28. The minimum atomic E-state index is -0.788. The van der Waals surface area contributed by atoms with E-state index in [2.05, 4.69) is 29.7 Å². The van der Waals surface area contributed by atoms with Crippen LogP contribution in [0.15, 0.2) is 35.3 Å². The van der Waals surface area contributed by atoms with Gasteiger partial charge in [0.25, 0.3) is 5.56 Å². The monoisotopic (exact) mass is 523 g/mol. The summed E-state index contributed by atoms with van der Waals surface area (Å²) in [7, 11) is 1.77. The maximum absolute atomic E-state index is 12.5. The van der Waals surface area contributed by atoms with Crippen molar-refractivity contribution in [3.05, 3.63) is 51.9 Å². The number of nitrogens with zero attached hydrogens (tertiary/aromatic N) is 3. The summed E-state index contributed by atoms with van der Waals surface area (Å²) in [6, 6.07) is 8.39. The largest absolute Gasteiger partial charge is 0.463 e. The number of esters is 1. The molecule has 1 saturated heterocycles. The van der Waals surface area contributed by atoms with E-state index in [-0.39, 0.29) is 23.7 Å². The van der Waals surface area contributed by atoms with Crippen LogP contribution in [0.4, 0.5) is 0 Å². The fourth-order valence-electron chi connectivity index (χ4n) is 5.52. The van der Waals surface area contributed by atoms with E-state index in [1.807, 2.05) is 33.0 Å². The predicted octanol–water partition coefficient (Wildman–Crippen LogP) is 4.58. The Labute approximate surface area is 224 Å². The van der Waals surface area contributed by atoms with Gasteiger partial charge in [-0.25, -0.2) is 4.98 Å². The van der Waals surface area contributed by atoms with Crippen molar-refractivity contribution in [2.45, 2.75) is 78.6 Å². The number of aromatic nitrogens is 3. The van der Waals surface area contributed by atoms with Gasteiger partial charge in [-0.3, -0.25) is 9.59 Å². The van der Waals surface area contributed by atoms with Gasteiger partial charge in [-0.15, -0.1) is 0 Å². The molecule has 0 saturated carbocycles. The number of aliphatic hydroxyl groups is 1. The molecule has 1 fully saturated rings. The average molecular weight is 524 g/mol. The summed E-state index contributed by atoms with van der Waals surface area (Å²) in [5.74, 6) is 0.366. The molecule has 0 aliphatic carbocycles. The second kappa shape index (κ2) is 11.8. The summed E-state index contributed by atoms with van der Waals surface area (Å²) in [6.45, 7) is 10.9. The molecule has 0 bridgehead atoms. The van der Waals surface area contributed by atoms with E-state index in [0.717, 1.165) is 54.0 Å². The number of imidazole rings is 1. The van der Waals surface area contributed by atoms with E-state index >= 15 is 0 Å². The first-order chi connectivity index (χ1) is 18.1. The van der Waals surface area contributed by atoms with Crippen LogP contribution in [0.1, 0.15) is 64.1 Å². The van der Waals surface area contributed by atoms with Crippen molar-refractivity contribution in [1.82, 2.24) is 14.1 Å². The molecule has 0 spiro atoms. The van der Waals surface area contributed by atoms with E-state index in [4.69, 9.17) is 14.5 Å². The number of aryl methyl sites for hydroxylation is 3. The van der Waals surface area contributed by atoms with E-state index < -0.39 is 12.0 Å². The Morgan fingerprint density at radius 2 is 1.89 bits per heavy atom. The molecular formula is C30H41N3O5. The number of ether oxygens (including phenoxy) is 2. The highest BCUT2D eigenvalue weighted by Crippen LogP contribution is 2.35. The van der Waals surface area contributed by atoms with Gasteiger partial charge < -0.3 is 23.7 Å². The van der Waals surface area contributed by atoms with Gasteiger partial charge in [0.15, 0.2) is 0 Å². The van der Waals surface area contributed by atoms with Crippen LogP contribution >= 0.6 is 0 Å². The Kier molecular flexibility index (Phi) is 8.73. The van der Waals surface area contributed by atoms with Gasteiger partial charge in [0, 0.05) is 43.6 Å². The lowest BCUT2D eigenvalue weighted by Gasteiger charge is -2.30. The van der Waals surface area contributed by atoms with Gasteiger partial charge in [-0.05, 0) is 90.0 Å². The van der Waals surface area contributed by atoms with Gasteiger partial charge in [0.1, 0.15) is 5.82 Å². The van der Waals surface area contributed by atoms with Gasteiger partial charge in [-0.1, -0.05) is 6.07 Å². The summed E-state index contributed by atoms with van der Waals surface area (Å²) in [4.78, 5) is 30.0. The van der Waals surface area contributed by atoms with Crippen LogP contribution in [0.3, 0.4) is 0 Å². The highest BCUT2D eigenvalue weighted by molar-refractivity contribution is 5.81. The van der Waals surface area contributed by atoms with Crippen LogP contribution < -0.4 is 5.56 Å². The zero-order valence-corrected chi connectivity index (χ0v) is 23.4. The van der Waals surface area contributed by atoms with Gasteiger partial charge in [0.2, 0.25) is 0 Å². The summed E-state index contributed by atoms with van der Waals surface area (Å²) >= 11 is 0. The molecule has 3 aromatic rings. The molecule has 4 rings (SSSR count). The molecular weight excluding hydrogens is 482 g/mol. The maximum atomic E-state index is 12.5. The number of rotatable bonds is 9. The Hall–Kier alpha value is -2.97. The number of benzene rings is 1. The van der Waals surface area contributed by atoms with E-state index in [1.165, 1.54) is 0 Å². The standard InChI is InChI=1S/C30H41N3O5/c1-18(2)38-30(36)25(21(5)34)9-7-22-8-10-27-26(16-22)31-28(24-15-19(3)29(35)32(6)17-24)33(27)20(4)23-11-13-37-14-12-23/h8,10,15-18,20-21,23,25,34H,7,9,11-14H2,1-6H3/t20?,21-,25+/m1/s1. The number of carbonyl (C=O) groups is 1. The van der Waals surface area contributed by atoms with Gasteiger partial charge in [-0.2, -0.15) is 0 Å². The van der Waals surface area contributed by atoms with Crippen LogP contribution in [0.25, 0.3) is 22.4 Å². The third-order valence-corrected chi connectivity index (χ3v) is 7.71. The predicted molar refractivity (Wildman–Crippen MR) is 148 cm³/mol.